The highest BCUT2D eigenvalue weighted by molar-refractivity contribution is 6.60. The number of rotatable bonds is 4. The maximum Gasteiger partial charge on any atom is 0.491 e. The molecule has 0 aliphatic heterocycles. The molecule has 0 atom stereocenters. The van der Waals surface area contributed by atoms with Crippen LogP contribution in [-0.2, 0) is 4.65 Å². The highest BCUT2D eigenvalue weighted by atomic mass is 16.5. The Bertz CT molecular complexity index is 573. The molecule has 0 amide bonds. The van der Waals surface area contributed by atoms with Crippen molar-refractivity contribution in [3.8, 4) is 0 Å². The van der Waals surface area contributed by atoms with Crippen molar-refractivity contribution in [3.05, 3.63) is 24.6 Å². The molecule has 0 spiro atoms. The highest BCUT2D eigenvalue weighted by Crippen LogP contribution is 2.25. The second kappa shape index (κ2) is 4.63. The first-order valence-electron chi connectivity index (χ1n) is 6.12. The summed E-state index contributed by atoms with van der Waals surface area (Å²) in [4.78, 5) is 4.02. The number of oxazole rings is 1. The molecule has 0 unspecified atom stereocenters. The summed E-state index contributed by atoms with van der Waals surface area (Å²) in [6.07, 6.45) is 1.35. The van der Waals surface area contributed by atoms with Crippen LogP contribution in [0.4, 0.5) is 0 Å². The number of benzene rings is 1. The van der Waals surface area contributed by atoms with E-state index in [0.29, 0.717) is 16.6 Å². The zero-order valence-corrected chi connectivity index (χ0v) is 11.5. The predicted molar refractivity (Wildman–Crippen MR) is 73.1 cm³/mol. The van der Waals surface area contributed by atoms with Gasteiger partial charge in [0.2, 0.25) is 0 Å². The molecular weight excluding hydrogens is 245 g/mol. The molecule has 2 rings (SSSR count). The fourth-order valence-corrected chi connectivity index (χ4v) is 1.52. The van der Waals surface area contributed by atoms with E-state index in [-0.39, 0.29) is 0 Å². The Labute approximate surface area is 112 Å². The van der Waals surface area contributed by atoms with Crippen LogP contribution in [0, 0.1) is 0 Å². The molecule has 19 heavy (non-hydrogen) atoms. The van der Waals surface area contributed by atoms with Crippen molar-refractivity contribution in [2.24, 2.45) is 0 Å². The van der Waals surface area contributed by atoms with Crippen molar-refractivity contribution >= 4 is 23.7 Å². The second-order valence-electron chi connectivity index (χ2n) is 5.62. The topological polar surface area (TPSA) is 75.7 Å². The molecule has 2 N–H and O–H groups in total. The lowest BCUT2D eigenvalue weighted by Crippen LogP contribution is -2.53. The van der Waals surface area contributed by atoms with E-state index in [0.717, 1.165) is 0 Å². The van der Waals surface area contributed by atoms with E-state index < -0.39 is 18.3 Å². The third kappa shape index (κ3) is 2.81. The van der Waals surface area contributed by atoms with Gasteiger partial charge >= 0.3 is 7.12 Å². The average Bonchev–Trinajstić information content (AvgIpc) is 2.73. The summed E-state index contributed by atoms with van der Waals surface area (Å²) in [5, 5.41) is 20.1. The van der Waals surface area contributed by atoms with Crippen LogP contribution in [-0.4, -0.2) is 33.4 Å². The van der Waals surface area contributed by atoms with Crippen LogP contribution in [0.2, 0.25) is 0 Å². The molecule has 0 fully saturated rings. The van der Waals surface area contributed by atoms with Gasteiger partial charge in [-0.2, -0.15) is 0 Å². The number of fused-ring (bicyclic) bond motifs is 1. The van der Waals surface area contributed by atoms with E-state index in [1.165, 1.54) is 6.39 Å². The van der Waals surface area contributed by atoms with Gasteiger partial charge in [0.15, 0.2) is 12.0 Å². The Morgan fingerprint density at radius 3 is 2.58 bits per heavy atom. The van der Waals surface area contributed by atoms with Crippen molar-refractivity contribution in [1.82, 2.24) is 4.98 Å². The quantitative estimate of drug-likeness (QED) is 0.807. The lowest BCUT2D eigenvalue weighted by molar-refractivity contribution is -0.0982. The summed E-state index contributed by atoms with van der Waals surface area (Å²) >= 11 is 0. The monoisotopic (exact) mass is 263 g/mol. The van der Waals surface area contributed by atoms with Gasteiger partial charge in [0.1, 0.15) is 5.52 Å². The Balaban J connectivity index is 2.22. The summed E-state index contributed by atoms with van der Waals surface area (Å²) in [6, 6.07) is 5.13. The molecule has 0 bridgehead atoms. The van der Waals surface area contributed by atoms with Gasteiger partial charge in [-0.1, -0.05) is 6.07 Å². The minimum Gasteiger partial charge on any atom is -0.443 e. The van der Waals surface area contributed by atoms with Crippen molar-refractivity contribution < 1.29 is 19.2 Å². The summed E-state index contributed by atoms with van der Waals surface area (Å²) in [5.41, 5.74) is -0.102. The number of aliphatic hydroxyl groups is 1. The second-order valence-corrected chi connectivity index (χ2v) is 5.62. The molecule has 5 nitrogen and oxygen atoms in total. The third-order valence-corrected chi connectivity index (χ3v) is 3.52. The van der Waals surface area contributed by atoms with Gasteiger partial charge in [0, 0.05) is 0 Å². The minimum absolute atomic E-state index is 0.568. The lowest BCUT2D eigenvalue weighted by atomic mass is 9.76. The smallest absolute Gasteiger partial charge is 0.443 e. The minimum atomic E-state index is -1.14. The number of aromatic nitrogens is 1. The van der Waals surface area contributed by atoms with Crippen molar-refractivity contribution in [2.45, 2.75) is 38.9 Å². The molecule has 0 radical (unpaired) electrons. The SMILES string of the molecule is CC(C)(O)C(C)(C)OB(O)c1ccc2ocnc2c1. The Morgan fingerprint density at radius 2 is 1.95 bits per heavy atom. The summed E-state index contributed by atoms with van der Waals surface area (Å²) in [5.74, 6) is 0. The van der Waals surface area contributed by atoms with E-state index >= 15 is 0 Å². The fraction of sp³-hybridized carbons (Fsp3) is 0.462. The van der Waals surface area contributed by atoms with Gasteiger partial charge in [-0.3, -0.25) is 0 Å². The standard InChI is InChI=1S/C13H18BNO4/c1-12(2,16)13(3,4)19-14(17)9-5-6-11-10(7-9)15-8-18-11/h5-8,16-17H,1-4H3. The van der Waals surface area contributed by atoms with E-state index in [1.807, 2.05) is 0 Å². The average molecular weight is 263 g/mol. The predicted octanol–water partition coefficient (Wildman–Crippen LogP) is 1.08. The van der Waals surface area contributed by atoms with E-state index in [4.69, 9.17) is 9.07 Å². The van der Waals surface area contributed by atoms with Crippen LogP contribution in [0.1, 0.15) is 27.7 Å². The number of nitrogens with zero attached hydrogens (tertiary/aromatic N) is 1. The first-order valence-corrected chi connectivity index (χ1v) is 6.12. The zero-order chi connectivity index (χ0) is 14.3. The van der Waals surface area contributed by atoms with Gasteiger partial charge in [-0.05, 0) is 45.3 Å². The lowest BCUT2D eigenvalue weighted by Gasteiger charge is -2.38. The molecule has 102 valence electrons. The van der Waals surface area contributed by atoms with Crippen molar-refractivity contribution in [1.29, 1.82) is 0 Å². The van der Waals surface area contributed by atoms with Crippen LogP contribution in [0.15, 0.2) is 29.0 Å². The Kier molecular flexibility index (Phi) is 3.42. The summed E-state index contributed by atoms with van der Waals surface area (Å²) in [7, 11) is -1.14. The van der Waals surface area contributed by atoms with E-state index in [2.05, 4.69) is 4.98 Å². The van der Waals surface area contributed by atoms with Gasteiger partial charge in [-0.25, -0.2) is 4.98 Å². The first kappa shape index (κ1) is 14.1. The highest BCUT2D eigenvalue weighted by Gasteiger charge is 2.39. The summed E-state index contributed by atoms with van der Waals surface area (Å²) < 4.78 is 10.7. The number of hydrogen-bond acceptors (Lipinski definition) is 5. The van der Waals surface area contributed by atoms with Crippen LogP contribution < -0.4 is 5.46 Å². The Morgan fingerprint density at radius 1 is 1.26 bits per heavy atom. The van der Waals surface area contributed by atoms with Gasteiger partial charge in [0.05, 0.1) is 11.2 Å². The molecule has 2 aromatic rings. The molecule has 0 saturated heterocycles. The van der Waals surface area contributed by atoms with Crippen molar-refractivity contribution in [2.75, 3.05) is 0 Å². The maximum absolute atomic E-state index is 10.1. The van der Waals surface area contributed by atoms with Gasteiger partial charge in [-0.15, -0.1) is 0 Å². The van der Waals surface area contributed by atoms with Gasteiger partial charge < -0.3 is 19.2 Å². The molecule has 0 saturated carbocycles. The molecule has 1 aromatic carbocycles. The molecule has 0 aliphatic carbocycles. The number of hydrogen-bond donors (Lipinski definition) is 2. The van der Waals surface area contributed by atoms with Crippen LogP contribution in [0.25, 0.3) is 11.1 Å². The molecule has 1 aromatic heterocycles. The normalized spacial score (nSPS) is 12.9. The van der Waals surface area contributed by atoms with Gasteiger partial charge in [0.25, 0.3) is 0 Å². The largest absolute Gasteiger partial charge is 0.491 e. The molecule has 6 heteroatoms. The van der Waals surface area contributed by atoms with Crippen molar-refractivity contribution in [3.63, 3.8) is 0 Å². The van der Waals surface area contributed by atoms with Crippen LogP contribution in [0.3, 0.4) is 0 Å². The molecule has 1 heterocycles. The molecular formula is C13H18BNO4. The Hall–Kier alpha value is -1.37. The summed E-state index contributed by atoms with van der Waals surface area (Å²) in [6.45, 7) is 6.73. The van der Waals surface area contributed by atoms with Crippen LogP contribution in [0.5, 0.6) is 0 Å². The zero-order valence-electron chi connectivity index (χ0n) is 11.5. The first-order chi connectivity index (χ1) is 8.71. The maximum atomic E-state index is 10.1. The molecule has 0 aliphatic rings. The van der Waals surface area contributed by atoms with E-state index in [1.54, 1.807) is 45.9 Å². The fourth-order valence-electron chi connectivity index (χ4n) is 1.52. The van der Waals surface area contributed by atoms with E-state index in [9.17, 15) is 10.1 Å². The van der Waals surface area contributed by atoms with Crippen LogP contribution >= 0.6 is 0 Å². The third-order valence-electron chi connectivity index (χ3n) is 3.52.